The quantitative estimate of drug-likeness (QED) is 0.251. The van der Waals surface area contributed by atoms with Crippen molar-refractivity contribution in [3.05, 3.63) is 29.6 Å². The normalized spacial score (nSPS) is 11.7. The molecule has 1 rings (SSSR count). The molecule has 3 N–H and O–H groups in total. The van der Waals surface area contributed by atoms with E-state index >= 15 is 0 Å². The number of thioether (sulfide) groups is 1. The third-order valence-electron chi connectivity index (χ3n) is 1.55. The number of hydrogen-bond acceptors (Lipinski definition) is 3. The van der Waals surface area contributed by atoms with Crippen LogP contribution in [0.15, 0.2) is 28.3 Å². The predicted octanol–water partition coefficient (Wildman–Crippen LogP) is 1.64. The van der Waals surface area contributed by atoms with Crippen LogP contribution in [-0.4, -0.2) is 17.3 Å². The lowest BCUT2D eigenvalue weighted by atomic mass is 10.2. The summed E-state index contributed by atoms with van der Waals surface area (Å²) in [7, 11) is 0. The van der Waals surface area contributed by atoms with Gasteiger partial charge in [0.1, 0.15) is 5.82 Å². The monoisotopic (exact) mass is 200 g/mol. The highest BCUT2D eigenvalue weighted by Crippen LogP contribution is 2.20. The first-order chi connectivity index (χ1) is 6.19. The molecule has 0 heterocycles. The minimum atomic E-state index is -0.403. The Balaban J connectivity index is 3.23. The van der Waals surface area contributed by atoms with E-state index < -0.39 is 5.82 Å². The van der Waals surface area contributed by atoms with Crippen LogP contribution < -0.4 is 5.73 Å². The maximum Gasteiger partial charge on any atom is 0.171 e. The van der Waals surface area contributed by atoms with Gasteiger partial charge in [0.2, 0.25) is 0 Å². The van der Waals surface area contributed by atoms with Crippen LogP contribution in [0, 0.1) is 5.82 Å². The second-order valence-corrected chi connectivity index (χ2v) is 3.18. The van der Waals surface area contributed by atoms with Gasteiger partial charge in [0.05, 0.1) is 0 Å². The smallest absolute Gasteiger partial charge is 0.171 e. The SMILES string of the molecule is CSc1ccc(F)cc1C(N)=NO. The van der Waals surface area contributed by atoms with E-state index in [1.807, 2.05) is 6.26 Å². The highest BCUT2D eigenvalue weighted by atomic mass is 32.2. The Kier molecular flexibility index (Phi) is 3.13. The van der Waals surface area contributed by atoms with E-state index in [-0.39, 0.29) is 5.84 Å². The Hall–Kier alpha value is -1.23. The predicted molar refractivity (Wildman–Crippen MR) is 50.7 cm³/mol. The average molecular weight is 200 g/mol. The summed E-state index contributed by atoms with van der Waals surface area (Å²) in [4.78, 5) is 0.775. The van der Waals surface area contributed by atoms with Gasteiger partial charge in [-0.3, -0.25) is 0 Å². The second-order valence-electron chi connectivity index (χ2n) is 2.33. The number of nitrogens with zero attached hydrogens (tertiary/aromatic N) is 1. The number of rotatable bonds is 2. The van der Waals surface area contributed by atoms with Crippen molar-refractivity contribution in [3.8, 4) is 0 Å². The van der Waals surface area contributed by atoms with Gasteiger partial charge in [-0.2, -0.15) is 0 Å². The first kappa shape index (κ1) is 9.85. The maximum absolute atomic E-state index is 12.8. The van der Waals surface area contributed by atoms with Crippen molar-refractivity contribution in [3.63, 3.8) is 0 Å². The number of halogens is 1. The summed E-state index contributed by atoms with van der Waals surface area (Å²) in [6.07, 6.45) is 1.83. The summed E-state index contributed by atoms with van der Waals surface area (Å²) in [5, 5.41) is 11.3. The molecule has 0 amide bonds. The molecule has 1 aromatic rings. The molecule has 0 fully saturated rings. The lowest BCUT2D eigenvalue weighted by Gasteiger charge is -2.04. The molecule has 0 saturated carbocycles. The standard InChI is InChI=1S/C8H9FN2OS/c1-13-7-3-2-5(9)4-6(7)8(10)11-12/h2-4,12H,1H3,(H2,10,11). The molecule has 1 aromatic carbocycles. The second kappa shape index (κ2) is 4.13. The van der Waals surface area contributed by atoms with E-state index in [4.69, 9.17) is 10.9 Å². The molecule has 70 valence electrons. The molecule has 0 aliphatic heterocycles. The lowest BCUT2D eigenvalue weighted by Crippen LogP contribution is -2.14. The van der Waals surface area contributed by atoms with Gasteiger partial charge >= 0.3 is 0 Å². The van der Waals surface area contributed by atoms with Crippen molar-refractivity contribution in [2.75, 3.05) is 6.26 Å². The number of benzene rings is 1. The summed E-state index contributed by atoms with van der Waals surface area (Å²) < 4.78 is 12.8. The van der Waals surface area contributed by atoms with Crippen molar-refractivity contribution in [2.45, 2.75) is 4.90 Å². The number of hydrogen-bond donors (Lipinski definition) is 2. The van der Waals surface area contributed by atoms with Gasteiger partial charge in [0.25, 0.3) is 0 Å². The maximum atomic E-state index is 12.8. The molecule has 5 heteroatoms. The molecule has 0 radical (unpaired) electrons. The average Bonchev–Trinajstić information content (AvgIpc) is 2.16. The van der Waals surface area contributed by atoms with Crippen molar-refractivity contribution in [2.24, 2.45) is 10.9 Å². The zero-order valence-electron chi connectivity index (χ0n) is 6.99. The topological polar surface area (TPSA) is 58.6 Å². The van der Waals surface area contributed by atoms with E-state index in [2.05, 4.69) is 5.16 Å². The van der Waals surface area contributed by atoms with Gasteiger partial charge in [-0.15, -0.1) is 11.8 Å². The number of oxime groups is 1. The van der Waals surface area contributed by atoms with Crippen LogP contribution in [0.3, 0.4) is 0 Å². The van der Waals surface area contributed by atoms with Gasteiger partial charge in [-0.1, -0.05) is 5.16 Å². The van der Waals surface area contributed by atoms with Gasteiger partial charge in [-0.05, 0) is 24.5 Å². The zero-order valence-corrected chi connectivity index (χ0v) is 7.81. The molecular formula is C8H9FN2OS. The van der Waals surface area contributed by atoms with E-state index in [1.165, 1.54) is 23.9 Å². The van der Waals surface area contributed by atoms with Gasteiger partial charge < -0.3 is 10.9 Å². The Labute approximate surface area is 79.4 Å². The largest absolute Gasteiger partial charge is 0.409 e. The van der Waals surface area contributed by atoms with E-state index in [0.29, 0.717) is 5.56 Å². The van der Waals surface area contributed by atoms with Crippen LogP contribution in [0.2, 0.25) is 0 Å². The highest BCUT2D eigenvalue weighted by Gasteiger charge is 2.07. The molecule has 13 heavy (non-hydrogen) atoms. The molecule has 0 unspecified atom stereocenters. The van der Waals surface area contributed by atoms with Crippen LogP contribution >= 0.6 is 11.8 Å². The van der Waals surface area contributed by atoms with E-state index in [9.17, 15) is 4.39 Å². The van der Waals surface area contributed by atoms with Gasteiger partial charge in [-0.25, -0.2) is 4.39 Å². The minimum absolute atomic E-state index is 0.0798. The minimum Gasteiger partial charge on any atom is -0.409 e. The van der Waals surface area contributed by atoms with Crippen molar-refractivity contribution < 1.29 is 9.60 Å². The number of amidine groups is 1. The van der Waals surface area contributed by atoms with Crippen molar-refractivity contribution in [1.29, 1.82) is 0 Å². The van der Waals surface area contributed by atoms with Gasteiger partial charge in [0, 0.05) is 10.5 Å². The van der Waals surface area contributed by atoms with Crippen molar-refractivity contribution >= 4 is 17.6 Å². The van der Waals surface area contributed by atoms with Crippen LogP contribution in [0.1, 0.15) is 5.56 Å². The van der Waals surface area contributed by atoms with Crippen LogP contribution in [0.5, 0.6) is 0 Å². The first-order valence-corrected chi connectivity index (χ1v) is 4.73. The Morgan fingerprint density at radius 1 is 1.62 bits per heavy atom. The summed E-state index contributed by atoms with van der Waals surface area (Å²) in [5.74, 6) is -0.483. The summed E-state index contributed by atoms with van der Waals surface area (Å²) >= 11 is 1.41. The Morgan fingerprint density at radius 3 is 2.85 bits per heavy atom. The molecule has 0 aliphatic carbocycles. The molecule has 0 atom stereocenters. The fraction of sp³-hybridized carbons (Fsp3) is 0.125. The molecular weight excluding hydrogens is 191 g/mol. The Morgan fingerprint density at radius 2 is 2.31 bits per heavy atom. The summed E-state index contributed by atoms with van der Waals surface area (Å²) in [6.45, 7) is 0. The fourth-order valence-electron chi connectivity index (χ4n) is 0.934. The molecule has 0 aliphatic rings. The lowest BCUT2D eigenvalue weighted by molar-refractivity contribution is 0.318. The first-order valence-electron chi connectivity index (χ1n) is 3.50. The summed E-state index contributed by atoms with van der Waals surface area (Å²) in [6, 6.07) is 4.16. The van der Waals surface area contributed by atoms with Crippen LogP contribution in [-0.2, 0) is 0 Å². The molecule has 3 nitrogen and oxygen atoms in total. The fourth-order valence-corrected chi connectivity index (χ4v) is 1.52. The van der Waals surface area contributed by atoms with Crippen molar-refractivity contribution in [1.82, 2.24) is 0 Å². The number of nitrogens with two attached hydrogens (primary N) is 1. The molecule has 0 spiro atoms. The molecule has 0 saturated heterocycles. The zero-order chi connectivity index (χ0) is 9.84. The Bertz CT molecular complexity index is 341. The van der Waals surface area contributed by atoms with Crippen LogP contribution in [0.4, 0.5) is 4.39 Å². The van der Waals surface area contributed by atoms with Crippen LogP contribution in [0.25, 0.3) is 0 Å². The van der Waals surface area contributed by atoms with Gasteiger partial charge in [0.15, 0.2) is 5.84 Å². The van der Waals surface area contributed by atoms with E-state index in [0.717, 1.165) is 4.90 Å². The third-order valence-corrected chi connectivity index (χ3v) is 2.34. The third kappa shape index (κ3) is 2.12. The van der Waals surface area contributed by atoms with E-state index in [1.54, 1.807) is 6.07 Å². The molecule has 0 bridgehead atoms. The summed E-state index contributed by atoms with van der Waals surface area (Å²) in [5.41, 5.74) is 5.77. The molecule has 0 aromatic heterocycles. The highest BCUT2D eigenvalue weighted by molar-refractivity contribution is 7.98.